The van der Waals surface area contributed by atoms with Crippen LogP contribution in [-0.4, -0.2) is 48.9 Å². The zero-order chi connectivity index (χ0) is 21.5. The van der Waals surface area contributed by atoms with Gasteiger partial charge in [-0.25, -0.2) is 9.59 Å². The van der Waals surface area contributed by atoms with Crippen molar-refractivity contribution >= 4 is 46.1 Å². The topological polar surface area (TPSA) is 84.9 Å². The molecule has 1 aliphatic rings. The molecule has 1 N–H and O–H groups in total. The van der Waals surface area contributed by atoms with Gasteiger partial charge in [0.1, 0.15) is 5.00 Å². The molecule has 0 saturated heterocycles. The summed E-state index contributed by atoms with van der Waals surface area (Å²) in [6.45, 7) is 2.87. The van der Waals surface area contributed by atoms with Crippen LogP contribution < -0.4 is 5.32 Å². The van der Waals surface area contributed by atoms with E-state index in [4.69, 9.17) is 9.47 Å². The average molecular weight is 449 g/mol. The van der Waals surface area contributed by atoms with Crippen LogP contribution in [0.4, 0.5) is 9.80 Å². The summed E-state index contributed by atoms with van der Waals surface area (Å²) >= 11 is 2.82. The van der Waals surface area contributed by atoms with Gasteiger partial charge in [0.05, 0.1) is 31.6 Å². The van der Waals surface area contributed by atoms with Crippen LogP contribution in [0, 0.1) is 0 Å². The van der Waals surface area contributed by atoms with Crippen LogP contribution in [0.5, 0.6) is 0 Å². The third kappa shape index (κ3) is 5.34. The first-order chi connectivity index (χ1) is 14.5. The lowest BCUT2D eigenvalue weighted by Crippen LogP contribution is -2.36. The van der Waals surface area contributed by atoms with Crippen molar-refractivity contribution in [3.8, 4) is 0 Å². The fraction of sp³-hybridized carbons (Fsp3) is 0.381. The summed E-state index contributed by atoms with van der Waals surface area (Å²) in [6, 6.07) is 9.92. The number of esters is 1. The molecule has 0 aliphatic carbocycles. The minimum Gasteiger partial charge on any atom is -0.465 e. The summed E-state index contributed by atoms with van der Waals surface area (Å²) in [5.41, 5.74) is 2.37. The molecule has 0 radical (unpaired) electrons. The molecular formula is C21H24N2O5S2. The largest absolute Gasteiger partial charge is 0.465 e. The van der Waals surface area contributed by atoms with E-state index in [1.54, 1.807) is 11.8 Å². The molecule has 1 aromatic heterocycles. The molecule has 0 saturated carbocycles. The maximum atomic E-state index is 12.5. The standard InChI is InChI=1S/C21H24N2O5S2/c1-3-28-21(26)23-10-9-15-16(11-23)30-19(18(15)20(25)27-2)22-17(24)13-29-12-14-7-5-4-6-8-14/h4-8H,3,9-13H2,1-2H3,(H,22,24). The van der Waals surface area contributed by atoms with E-state index >= 15 is 0 Å². The minimum absolute atomic E-state index is 0.179. The van der Waals surface area contributed by atoms with Gasteiger partial charge in [-0.15, -0.1) is 23.1 Å². The van der Waals surface area contributed by atoms with Crippen molar-refractivity contribution in [1.82, 2.24) is 4.90 Å². The lowest BCUT2D eigenvalue weighted by Gasteiger charge is -2.26. The number of hydrogen-bond acceptors (Lipinski definition) is 7. The van der Waals surface area contributed by atoms with Crippen LogP contribution in [0.3, 0.4) is 0 Å². The Labute approximate surface area is 183 Å². The lowest BCUT2D eigenvalue weighted by atomic mass is 10.0. The highest BCUT2D eigenvalue weighted by atomic mass is 32.2. The smallest absolute Gasteiger partial charge is 0.410 e. The number of hydrogen-bond donors (Lipinski definition) is 1. The zero-order valence-corrected chi connectivity index (χ0v) is 18.6. The molecule has 9 heteroatoms. The maximum Gasteiger partial charge on any atom is 0.410 e. The molecule has 1 aromatic carbocycles. The lowest BCUT2D eigenvalue weighted by molar-refractivity contribution is -0.113. The van der Waals surface area contributed by atoms with E-state index in [9.17, 15) is 14.4 Å². The number of carbonyl (C=O) groups is 3. The van der Waals surface area contributed by atoms with Crippen LogP contribution in [0.1, 0.15) is 33.3 Å². The molecule has 0 fully saturated rings. The van der Waals surface area contributed by atoms with E-state index in [0.29, 0.717) is 36.7 Å². The van der Waals surface area contributed by atoms with Crippen LogP contribution in [-0.2, 0) is 33.0 Å². The number of fused-ring (bicyclic) bond motifs is 1. The fourth-order valence-electron chi connectivity index (χ4n) is 3.18. The highest BCUT2D eigenvalue weighted by Gasteiger charge is 2.31. The Balaban J connectivity index is 1.69. The van der Waals surface area contributed by atoms with Gasteiger partial charge in [0.25, 0.3) is 0 Å². The van der Waals surface area contributed by atoms with Crippen molar-refractivity contribution < 1.29 is 23.9 Å². The second kappa shape index (κ2) is 10.5. The summed E-state index contributed by atoms with van der Waals surface area (Å²) in [6.07, 6.45) is 0.132. The van der Waals surface area contributed by atoms with Crippen molar-refractivity contribution in [3.63, 3.8) is 0 Å². The van der Waals surface area contributed by atoms with Gasteiger partial charge in [0, 0.05) is 17.2 Å². The fourth-order valence-corrected chi connectivity index (χ4v) is 5.23. The van der Waals surface area contributed by atoms with Crippen molar-refractivity contribution in [1.29, 1.82) is 0 Å². The number of nitrogens with zero attached hydrogens (tertiary/aromatic N) is 1. The van der Waals surface area contributed by atoms with Crippen LogP contribution in [0.2, 0.25) is 0 Å². The second-order valence-corrected chi connectivity index (χ2v) is 8.69. The van der Waals surface area contributed by atoms with Crippen molar-refractivity contribution in [3.05, 3.63) is 51.9 Å². The van der Waals surface area contributed by atoms with E-state index in [2.05, 4.69) is 5.32 Å². The van der Waals surface area contributed by atoms with Gasteiger partial charge in [-0.2, -0.15) is 0 Å². The van der Waals surface area contributed by atoms with Crippen molar-refractivity contribution in [2.45, 2.75) is 25.6 Å². The number of benzene rings is 1. The molecule has 0 bridgehead atoms. The Morgan fingerprint density at radius 2 is 2.00 bits per heavy atom. The van der Waals surface area contributed by atoms with Crippen LogP contribution in [0.15, 0.2) is 30.3 Å². The minimum atomic E-state index is -0.482. The van der Waals surface area contributed by atoms with E-state index in [0.717, 1.165) is 21.8 Å². The highest BCUT2D eigenvalue weighted by molar-refractivity contribution is 7.99. The van der Waals surface area contributed by atoms with E-state index in [1.165, 1.54) is 30.2 Å². The Morgan fingerprint density at radius 3 is 2.70 bits per heavy atom. The molecule has 160 valence electrons. The van der Waals surface area contributed by atoms with Crippen LogP contribution >= 0.6 is 23.1 Å². The number of nitrogens with one attached hydrogen (secondary N) is 1. The third-order valence-corrected chi connectivity index (χ3v) is 6.71. The summed E-state index contributed by atoms with van der Waals surface area (Å²) in [5, 5.41) is 3.34. The van der Waals surface area contributed by atoms with Crippen molar-refractivity contribution in [2.24, 2.45) is 0 Å². The number of amides is 2. The molecular weight excluding hydrogens is 424 g/mol. The number of thioether (sulfide) groups is 1. The normalized spacial score (nSPS) is 12.8. The van der Waals surface area contributed by atoms with E-state index in [-0.39, 0.29) is 17.8 Å². The molecule has 3 rings (SSSR count). The zero-order valence-electron chi connectivity index (χ0n) is 16.9. The first-order valence-corrected chi connectivity index (χ1v) is 11.6. The Kier molecular flexibility index (Phi) is 7.75. The predicted octanol–water partition coefficient (Wildman–Crippen LogP) is 3.92. The molecule has 0 unspecified atom stereocenters. The monoisotopic (exact) mass is 448 g/mol. The quantitative estimate of drug-likeness (QED) is 0.646. The van der Waals surface area contributed by atoms with Gasteiger partial charge in [0.15, 0.2) is 0 Å². The first kappa shape index (κ1) is 22.2. The summed E-state index contributed by atoms with van der Waals surface area (Å²) in [4.78, 5) is 39.4. The summed E-state index contributed by atoms with van der Waals surface area (Å²) in [7, 11) is 1.32. The Bertz CT molecular complexity index is 914. The number of carbonyl (C=O) groups excluding carboxylic acids is 3. The molecule has 2 heterocycles. The third-order valence-electron chi connectivity index (χ3n) is 4.57. The molecule has 1 aliphatic heterocycles. The summed E-state index contributed by atoms with van der Waals surface area (Å²) < 4.78 is 10.0. The number of methoxy groups -OCH3 is 1. The Hall–Kier alpha value is -2.52. The molecule has 30 heavy (non-hydrogen) atoms. The Morgan fingerprint density at radius 1 is 1.23 bits per heavy atom. The predicted molar refractivity (Wildman–Crippen MR) is 118 cm³/mol. The van der Waals surface area contributed by atoms with Gasteiger partial charge in [0.2, 0.25) is 5.91 Å². The van der Waals surface area contributed by atoms with E-state index in [1.807, 2.05) is 30.3 Å². The van der Waals surface area contributed by atoms with Gasteiger partial charge < -0.3 is 19.7 Å². The molecule has 2 amide bonds. The van der Waals surface area contributed by atoms with Gasteiger partial charge in [-0.1, -0.05) is 30.3 Å². The van der Waals surface area contributed by atoms with Crippen LogP contribution in [0.25, 0.3) is 0 Å². The molecule has 7 nitrogen and oxygen atoms in total. The maximum absolute atomic E-state index is 12.5. The highest BCUT2D eigenvalue weighted by Crippen LogP contribution is 2.37. The molecule has 0 spiro atoms. The van der Waals surface area contributed by atoms with Gasteiger partial charge in [-0.05, 0) is 24.5 Å². The van der Waals surface area contributed by atoms with Gasteiger partial charge >= 0.3 is 12.1 Å². The van der Waals surface area contributed by atoms with E-state index < -0.39 is 5.97 Å². The SMILES string of the molecule is CCOC(=O)N1CCc2c(sc(NC(=O)CSCc3ccccc3)c2C(=O)OC)C1. The second-order valence-electron chi connectivity index (χ2n) is 6.60. The average Bonchev–Trinajstić information content (AvgIpc) is 3.11. The van der Waals surface area contributed by atoms with Gasteiger partial charge in [-0.3, -0.25) is 4.79 Å². The number of ether oxygens (including phenoxy) is 2. The molecule has 2 aromatic rings. The number of rotatable bonds is 7. The first-order valence-electron chi connectivity index (χ1n) is 9.59. The number of anilines is 1. The summed E-state index contributed by atoms with van der Waals surface area (Å²) in [5.74, 6) is 0.340. The molecule has 0 atom stereocenters. The number of thiophene rings is 1. The van der Waals surface area contributed by atoms with Crippen molar-refractivity contribution in [2.75, 3.05) is 31.3 Å².